The topological polar surface area (TPSA) is 0 Å². The maximum Gasteiger partial charge on any atom is -0.0233 e. The molecular weight excluding hydrogens is 247 g/mol. The van der Waals surface area contributed by atoms with E-state index in [4.69, 9.17) is 0 Å². The first-order chi connectivity index (χ1) is 9.08. The SMILES string of the molecule is CCCCC(C)P(C(C)CCCC)C(C)CCCC. The summed E-state index contributed by atoms with van der Waals surface area (Å²) in [5.74, 6) is 0. The minimum atomic E-state index is 0.221. The molecule has 0 aliphatic heterocycles. The largest absolute Gasteiger partial charge is 0.0980 e. The third-order valence-corrected chi connectivity index (χ3v) is 8.28. The highest BCUT2D eigenvalue weighted by Crippen LogP contribution is 2.55. The van der Waals surface area contributed by atoms with Gasteiger partial charge in [-0.05, 0) is 36.2 Å². The van der Waals surface area contributed by atoms with E-state index in [-0.39, 0.29) is 7.92 Å². The smallest absolute Gasteiger partial charge is 0.0233 e. The van der Waals surface area contributed by atoms with Crippen molar-refractivity contribution in [1.29, 1.82) is 0 Å². The summed E-state index contributed by atoms with van der Waals surface area (Å²) in [4.78, 5) is 0. The van der Waals surface area contributed by atoms with Gasteiger partial charge < -0.3 is 0 Å². The molecule has 0 heterocycles. The highest BCUT2D eigenvalue weighted by Gasteiger charge is 2.27. The molecule has 0 bridgehead atoms. The Bertz CT molecular complexity index is 157. The Kier molecular flexibility index (Phi) is 12.5. The standard InChI is InChI=1S/C18H39P/c1-7-10-13-16(4)19(17(5)14-11-8-2)18(6)15-12-9-3/h16-18H,7-15H2,1-6H3. The van der Waals surface area contributed by atoms with Gasteiger partial charge in [0.15, 0.2) is 0 Å². The minimum Gasteiger partial charge on any atom is -0.0980 e. The van der Waals surface area contributed by atoms with Crippen LogP contribution in [0.5, 0.6) is 0 Å². The molecule has 0 radical (unpaired) electrons. The zero-order valence-corrected chi connectivity index (χ0v) is 15.4. The van der Waals surface area contributed by atoms with Gasteiger partial charge in [0.2, 0.25) is 0 Å². The third-order valence-electron chi connectivity index (χ3n) is 4.45. The summed E-state index contributed by atoms with van der Waals surface area (Å²) in [6, 6.07) is 0. The summed E-state index contributed by atoms with van der Waals surface area (Å²) >= 11 is 0. The number of hydrogen-bond donors (Lipinski definition) is 0. The van der Waals surface area contributed by atoms with Crippen LogP contribution in [0.3, 0.4) is 0 Å². The fourth-order valence-electron chi connectivity index (χ4n) is 3.25. The van der Waals surface area contributed by atoms with Gasteiger partial charge >= 0.3 is 0 Å². The van der Waals surface area contributed by atoms with Gasteiger partial charge in [0.1, 0.15) is 0 Å². The van der Waals surface area contributed by atoms with E-state index in [0.29, 0.717) is 0 Å². The molecule has 0 amide bonds. The Labute approximate surface area is 124 Å². The highest BCUT2D eigenvalue weighted by molar-refractivity contribution is 7.59. The quantitative estimate of drug-likeness (QED) is 0.333. The summed E-state index contributed by atoms with van der Waals surface area (Å²) in [6.07, 6.45) is 12.8. The molecule has 0 aliphatic carbocycles. The van der Waals surface area contributed by atoms with Crippen molar-refractivity contribution in [2.75, 3.05) is 0 Å². The van der Waals surface area contributed by atoms with Crippen LogP contribution in [-0.4, -0.2) is 17.0 Å². The zero-order valence-electron chi connectivity index (χ0n) is 14.5. The zero-order chi connectivity index (χ0) is 14.7. The molecule has 0 aliphatic rings. The van der Waals surface area contributed by atoms with Crippen molar-refractivity contribution in [3.05, 3.63) is 0 Å². The molecule has 0 rings (SSSR count). The molecule has 0 saturated carbocycles. The van der Waals surface area contributed by atoms with Crippen molar-refractivity contribution < 1.29 is 0 Å². The minimum absolute atomic E-state index is 0.221. The Morgan fingerprint density at radius 2 is 0.842 bits per heavy atom. The van der Waals surface area contributed by atoms with Gasteiger partial charge in [-0.2, -0.15) is 0 Å². The summed E-state index contributed by atoms with van der Waals surface area (Å²) in [5, 5.41) is 0. The maximum atomic E-state index is 2.55. The lowest BCUT2D eigenvalue weighted by molar-refractivity contribution is 0.650. The van der Waals surface area contributed by atoms with E-state index in [1.54, 1.807) is 0 Å². The van der Waals surface area contributed by atoms with Crippen LogP contribution in [0.15, 0.2) is 0 Å². The normalized spacial score (nSPS) is 18.0. The van der Waals surface area contributed by atoms with Gasteiger partial charge in [-0.25, -0.2) is 0 Å². The van der Waals surface area contributed by atoms with Crippen LogP contribution >= 0.6 is 7.92 Å². The number of rotatable bonds is 12. The van der Waals surface area contributed by atoms with E-state index in [2.05, 4.69) is 41.5 Å². The van der Waals surface area contributed by atoms with Gasteiger partial charge in [0, 0.05) is 0 Å². The second-order valence-corrected chi connectivity index (χ2v) is 9.96. The van der Waals surface area contributed by atoms with Crippen LogP contribution < -0.4 is 0 Å². The number of unbranched alkanes of at least 4 members (excludes halogenated alkanes) is 3. The molecule has 0 saturated heterocycles. The molecule has 0 fully saturated rings. The molecular formula is C18H39P. The summed E-state index contributed by atoms with van der Waals surface area (Å²) in [5.41, 5.74) is 2.94. The molecule has 0 aromatic carbocycles. The van der Waals surface area contributed by atoms with Crippen molar-refractivity contribution in [3.63, 3.8) is 0 Å². The monoisotopic (exact) mass is 286 g/mol. The van der Waals surface area contributed by atoms with E-state index in [9.17, 15) is 0 Å². The lowest BCUT2D eigenvalue weighted by Gasteiger charge is -2.36. The van der Waals surface area contributed by atoms with Crippen LogP contribution in [0.1, 0.15) is 99.3 Å². The number of hydrogen-bond acceptors (Lipinski definition) is 0. The molecule has 3 unspecified atom stereocenters. The van der Waals surface area contributed by atoms with Gasteiger partial charge in [-0.3, -0.25) is 0 Å². The predicted octanol–water partition coefficient (Wildman–Crippen LogP) is 7.20. The first-order valence-electron chi connectivity index (χ1n) is 8.85. The van der Waals surface area contributed by atoms with E-state index in [1.165, 1.54) is 57.8 Å². The second kappa shape index (κ2) is 12.2. The average Bonchev–Trinajstić information content (AvgIpc) is 2.40. The fraction of sp³-hybridized carbons (Fsp3) is 1.00. The van der Waals surface area contributed by atoms with Crippen LogP contribution in [-0.2, 0) is 0 Å². The first kappa shape index (κ1) is 19.4. The van der Waals surface area contributed by atoms with E-state index < -0.39 is 0 Å². The first-order valence-corrected chi connectivity index (χ1v) is 10.4. The lowest BCUT2D eigenvalue weighted by Crippen LogP contribution is -2.18. The highest BCUT2D eigenvalue weighted by atomic mass is 31.1. The Balaban J connectivity index is 4.50. The molecule has 0 N–H and O–H groups in total. The predicted molar refractivity (Wildman–Crippen MR) is 93.9 cm³/mol. The fourth-order valence-corrected chi connectivity index (χ4v) is 7.30. The summed E-state index contributed by atoms with van der Waals surface area (Å²) < 4.78 is 0. The van der Waals surface area contributed by atoms with Crippen LogP contribution in [0, 0.1) is 0 Å². The van der Waals surface area contributed by atoms with E-state index >= 15 is 0 Å². The van der Waals surface area contributed by atoms with Gasteiger partial charge in [-0.15, -0.1) is 0 Å². The van der Waals surface area contributed by atoms with Gasteiger partial charge in [0.05, 0.1) is 0 Å². The molecule has 19 heavy (non-hydrogen) atoms. The van der Waals surface area contributed by atoms with Crippen molar-refractivity contribution in [2.45, 2.75) is 116 Å². The summed E-state index contributed by atoms with van der Waals surface area (Å²) in [6.45, 7) is 14.6. The van der Waals surface area contributed by atoms with Crippen LogP contribution in [0.25, 0.3) is 0 Å². The Hall–Kier alpha value is 0.430. The maximum absolute atomic E-state index is 2.55. The molecule has 1 heteroatoms. The van der Waals surface area contributed by atoms with E-state index in [1.807, 2.05) is 0 Å². The van der Waals surface area contributed by atoms with Crippen LogP contribution in [0.4, 0.5) is 0 Å². The molecule has 3 atom stereocenters. The van der Waals surface area contributed by atoms with Crippen molar-refractivity contribution in [1.82, 2.24) is 0 Å². The van der Waals surface area contributed by atoms with Gasteiger partial charge in [-0.1, -0.05) is 88.0 Å². The van der Waals surface area contributed by atoms with Crippen molar-refractivity contribution in [2.24, 2.45) is 0 Å². The molecule has 0 aromatic rings. The van der Waals surface area contributed by atoms with Crippen LogP contribution in [0.2, 0.25) is 0 Å². The van der Waals surface area contributed by atoms with Crippen molar-refractivity contribution >= 4 is 7.92 Å². The van der Waals surface area contributed by atoms with Crippen molar-refractivity contribution in [3.8, 4) is 0 Å². The second-order valence-electron chi connectivity index (χ2n) is 6.42. The average molecular weight is 286 g/mol. The molecule has 0 aromatic heterocycles. The lowest BCUT2D eigenvalue weighted by atomic mass is 10.2. The summed E-state index contributed by atoms with van der Waals surface area (Å²) in [7, 11) is 0.221. The Morgan fingerprint density at radius 3 is 1.05 bits per heavy atom. The van der Waals surface area contributed by atoms with E-state index in [0.717, 1.165) is 17.0 Å². The third kappa shape index (κ3) is 8.34. The molecule has 0 nitrogen and oxygen atoms in total. The molecule has 0 spiro atoms. The molecule has 116 valence electrons. The Morgan fingerprint density at radius 1 is 0.579 bits per heavy atom. The van der Waals surface area contributed by atoms with Gasteiger partial charge in [0.25, 0.3) is 0 Å².